The number of carbonyl (C=O) groups is 1. The predicted octanol–water partition coefficient (Wildman–Crippen LogP) is -0.0102. The van der Waals surface area contributed by atoms with Gasteiger partial charge in [0, 0.05) is 24.9 Å². The zero-order chi connectivity index (χ0) is 18.2. The number of likely N-dealkylation sites (tertiary alicyclic amines) is 1. The van der Waals surface area contributed by atoms with Crippen molar-refractivity contribution >= 4 is 15.9 Å². The summed E-state index contributed by atoms with van der Waals surface area (Å²) in [7, 11) is -3.53. The Labute approximate surface area is 148 Å². The molecule has 0 saturated carbocycles. The van der Waals surface area contributed by atoms with Crippen LogP contribution in [0.15, 0.2) is 24.3 Å². The van der Waals surface area contributed by atoms with Crippen LogP contribution >= 0.6 is 0 Å². The standard InChI is InChI=1S/C17H25N3O4S/c18-15-12-4-1-2-5-13(12)17(16(15)22)7-9-20(10-8-17)14(21)6-3-11-25(19,23)24/h1-2,4-5,15-16,22H,3,6-11,18H2,(H2,19,23,24)/t15-,16+/m1/s1. The van der Waals surface area contributed by atoms with Crippen LogP contribution in [-0.2, 0) is 20.2 Å². The third-order valence-electron chi connectivity index (χ3n) is 5.59. The fourth-order valence-electron chi connectivity index (χ4n) is 4.22. The van der Waals surface area contributed by atoms with E-state index in [1.165, 1.54) is 0 Å². The fourth-order valence-corrected chi connectivity index (χ4v) is 4.76. The minimum atomic E-state index is -3.53. The Hall–Kier alpha value is -1.48. The molecule has 1 aliphatic carbocycles. The van der Waals surface area contributed by atoms with E-state index in [0.29, 0.717) is 25.9 Å². The van der Waals surface area contributed by atoms with Crippen LogP contribution in [0.4, 0.5) is 0 Å². The van der Waals surface area contributed by atoms with E-state index >= 15 is 0 Å². The topological polar surface area (TPSA) is 127 Å². The normalized spacial score (nSPS) is 25.2. The first kappa shape index (κ1) is 18.3. The number of aliphatic hydroxyl groups excluding tert-OH is 1. The van der Waals surface area contributed by atoms with Crippen molar-refractivity contribution in [2.45, 2.75) is 43.2 Å². The highest BCUT2D eigenvalue weighted by molar-refractivity contribution is 7.89. The molecule has 7 nitrogen and oxygen atoms in total. The third-order valence-corrected chi connectivity index (χ3v) is 6.45. The molecule has 1 saturated heterocycles. The summed E-state index contributed by atoms with van der Waals surface area (Å²) in [5.74, 6) is -0.249. The van der Waals surface area contributed by atoms with Gasteiger partial charge in [0.05, 0.1) is 17.9 Å². The van der Waals surface area contributed by atoms with Crippen molar-refractivity contribution in [1.29, 1.82) is 0 Å². The third kappa shape index (κ3) is 3.44. The molecule has 1 heterocycles. The second kappa shape index (κ2) is 6.68. The first-order chi connectivity index (χ1) is 11.7. The fraction of sp³-hybridized carbons (Fsp3) is 0.588. The zero-order valence-corrected chi connectivity index (χ0v) is 14.9. The summed E-state index contributed by atoms with van der Waals surface area (Å²) in [4.78, 5) is 14.0. The van der Waals surface area contributed by atoms with Crippen molar-refractivity contribution < 1.29 is 18.3 Å². The van der Waals surface area contributed by atoms with Crippen molar-refractivity contribution in [3.8, 4) is 0 Å². The Morgan fingerprint density at radius 2 is 1.92 bits per heavy atom. The van der Waals surface area contributed by atoms with Crippen molar-refractivity contribution in [2.24, 2.45) is 10.9 Å². The van der Waals surface area contributed by atoms with Gasteiger partial charge in [-0.2, -0.15) is 0 Å². The molecule has 1 amide bonds. The molecular weight excluding hydrogens is 342 g/mol. The van der Waals surface area contributed by atoms with Gasteiger partial charge in [-0.15, -0.1) is 0 Å². The second-order valence-electron chi connectivity index (χ2n) is 7.07. The molecule has 25 heavy (non-hydrogen) atoms. The van der Waals surface area contributed by atoms with E-state index in [2.05, 4.69) is 0 Å². The minimum absolute atomic E-state index is 0.0661. The molecule has 2 atom stereocenters. The SMILES string of the molecule is N[C@@H]1c2ccccc2C2(CCN(C(=O)CCCS(N)(=O)=O)CC2)[C@H]1O. The van der Waals surface area contributed by atoms with E-state index in [-0.39, 0.29) is 24.5 Å². The lowest BCUT2D eigenvalue weighted by Crippen LogP contribution is -2.50. The summed E-state index contributed by atoms with van der Waals surface area (Å²) in [6, 6.07) is 7.47. The molecule has 138 valence electrons. The van der Waals surface area contributed by atoms with Crippen LogP contribution in [0, 0.1) is 0 Å². The molecule has 1 aliphatic heterocycles. The molecule has 1 spiro atoms. The maximum Gasteiger partial charge on any atom is 0.222 e. The number of nitrogens with two attached hydrogens (primary N) is 2. The van der Waals surface area contributed by atoms with Gasteiger partial charge in [-0.1, -0.05) is 24.3 Å². The van der Waals surface area contributed by atoms with Crippen LogP contribution < -0.4 is 10.9 Å². The molecule has 0 radical (unpaired) electrons. The van der Waals surface area contributed by atoms with Gasteiger partial charge in [0.1, 0.15) is 0 Å². The van der Waals surface area contributed by atoms with E-state index in [1.807, 2.05) is 24.3 Å². The predicted molar refractivity (Wildman–Crippen MR) is 94.1 cm³/mol. The Kier molecular flexibility index (Phi) is 4.89. The van der Waals surface area contributed by atoms with Crippen molar-refractivity contribution in [3.63, 3.8) is 0 Å². The van der Waals surface area contributed by atoms with Gasteiger partial charge in [0.2, 0.25) is 15.9 Å². The quantitative estimate of drug-likeness (QED) is 0.690. The van der Waals surface area contributed by atoms with E-state index < -0.39 is 27.6 Å². The van der Waals surface area contributed by atoms with Crippen LogP contribution in [0.5, 0.6) is 0 Å². The molecule has 0 unspecified atom stereocenters. The molecule has 1 fully saturated rings. The van der Waals surface area contributed by atoms with Gasteiger partial charge in [0.15, 0.2) is 0 Å². The number of primary sulfonamides is 1. The Balaban J connectivity index is 1.65. The number of aliphatic hydroxyl groups is 1. The summed E-state index contributed by atoms with van der Waals surface area (Å²) >= 11 is 0. The van der Waals surface area contributed by atoms with Crippen molar-refractivity contribution in [3.05, 3.63) is 35.4 Å². The molecule has 3 rings (SSSR count). The number of nitrogens with zero attached hydrogens (tertiary/aromatic N) is 1. The summed E-state index contributed by atoms with van der Waals surface area (Å²) < 4.78 is 21.9. The molecular formula is C17H25N3O4S. The van der Waals surface area contributed by atoms with E-state index in [1.54, 1.807) is 4.90 Å². The van der Waals surface area contributed by atoms with Gasteiger partial charge in [-0.3, -0.25) is 4.79 Å². The van der Waals surface area contributed by atoms with Gasteiger partial charge in [-0.05, 0) is 30.4 Å². The number of benzene rings is 1. The smallest absolute Gasteiger partial charge is 0.222 e. The number of hydrogen-bond donors (Lipinski definition) is 3. The van der Waals surface area contributed by atoms with Crippen LogP contribution in [0.25, 0.3) is 0 Å². The second-order valence-corrected chi connectivity index (χ2v) is 8.80. The van der Waals surface area contributed by atoms with E-state index in [9.17, 15) is 18.3 Å². The number of sulfonamides is 1. The number of fused-ring (bicyclic) bond motifs is 2. The van der Waals surface area contributed by atoms with Crippen LogP contribution in [-0.4, -0.2) is 49.3 Å². The Morgan fingerprint density at radius 3 is 2.56 bits per heavy atom. The highest BCUT2D eigenvalue weighted by atomic mass is 32.2. The van der Waals surface area contributed by atoms with E-state index in [0.717, 1.165) is 11.1 Å². The van der Waals surface area contributed by atoms with Crippen LogP contribution in [0.3, 0.4) is 0 Å². The molecule has 8 heteroatoms. The number of rotatable bonds is 4. The monoisotopic (exact) mass is 367 g/mol. The summed E-state index contributed by atoms with van der Waals surface area (Å²) in [6.07, 6.45) is 1.06. The van der Waals surface area contributed by atoms with Crippen LogP contribution in [0.1, 0.15) is 42.9 Å². The molecule has 5 N–H and O–H groups in total. The maximum atomic E-state index is 12.3. The van der Waals surface area contributed by atoms with Crippen molar-refractivity contribution in [1.82, 2.24) is 4.90 Å². The molecule has 1 aromatic rings. The molecule has 0 bridgehead atoms. The molecule has 1 aromatic carbocycles. The summed E-state index contributed by atoms with van der Waals surface area (Å²) in [5.41, 5.74) is 7.88. The highest BCUT2D eigenvalue weighted by Gasteiger charge is 2.51. The van der Waals surface area contributed by atoms with Gasteiger partial charge in [0.25, 0.3) is 0 Å². The summed E-state index contributed by atoms with van der Waals surface area (Å²) in [5, 5.41) is 15.7. The zero-order valence-electron chi connectivity index (χ0n) is 14.1. The van der Waals surface area contributed by atoms with Crippen molar-refractivity contribution in [2.75, 3.05) is 18.8 Å². The van der Waals surface area contributed by atoms with Crippen LogP contribution in [0.2, 0.25) is 0 Å². The maximum absolute atomic E-state index is 12.3. The first-order valence-electron chi connectivity index (χ1n) is 8.56. The first-order valence-corrected chi connectivity index (χ1v) is 10.3. The van der Waals surface area contributed by atoms with E-state index in [4.69, 9.17) is 10.9 Å². The highest BCUT2D eigenvalue weighted by Crippen LogP contribution is 2.49. The number of carbonyl (C=O) groups excluding carboxylic acids is 1. The van der Waals surface area contributed by atoms with Gasteiger partial charge in [-0.25, -0.2) is 13.6 Å². The summed E-state index contributed by atoms with van der Waals surface area (Å²) in [6.45, 7) is 1.07. The Morgan fingerprint density at radius 1 is 1.28 bits per heavy atom. The lowest BCUT2D eigenvalue weighted by atomic mass is 9.72. The largest absolute Gasteiger partial charge is 0.390 e. The Bertz CT molecular complexity index is 757. The average molecular weight is 367 g/mol. The number of hydrogen-bond acceptors (Lipinski definition) is 5. The minimum Gasteiger partial charge on any atom is -0.390 e. The molecule has 2 aliphatic rings. The lowest BCUT2D eigenvalue weighted by Gasteiger charge is -2.42. The average Bonchev–Trinajstić information content (AvgIpc) is 2.77. The van der Waals surface area contributed by atoms with Gasteiger partial charge < -0.3 is 15.7 Å². The lowest BCUT2D eigenvalue weighted by molar-refractivity contribution is -0.133. The van der Waals surface area contributed by atoms with Gasteiger partial charge >= 0.3 is 0 Å². The number of piperidine rings is 1. The molecule has 0 aromatic heterocycles. The number of amides is 1.